The van der Waals surface area contributed by atoms with E-state index in [1.165, 1.54) is 29.5 Å². The number of nitro benzene ring substituents is 1. The minimum Gasteiger partial charge on any atom is -0.457 e. The number of carbonyl (C=O) groups is 1. The van der Waals surface area contributed by atoms with E-state index in [9.17, 15) is 20.2 Å². The largest absolute Gasteiger partial charge is 0.457 e. The Morgan fingerprint density at radius 1 is 1.20 bits per heavy atom. The van der Waals surface area contributed by atoms with Crippen LogP contribution in [-0.4, -0.2) is 15.8 Å². The molecule has 2 aromatic heterocycles. The van der Waals surface area contributed by atoms with E-state index < -0.39 is 10.8 Å². The van der Waals surface area contributed by atoms with Crippen molar-refractivity contribution < 1.29 is 14.1 Å². The lowest BCUT2D eigenvalue weighted by molar-refractivity contribution is -0.384. The van der Waals surface area contributed by atoms with Gasteiger partial charge in [-0.1, -0.05) is 41.4 Å². The third-order valence-electron chi connectivity index (χ3n) is 4.80. The van der Waals surface area contributed by atoms with Gasteiger partial charge in [0.05, 0.1) is 4.92 Å². The SMILES string of the molecule is N#C/C(=C\c1ccc(-c2ccc(Cl)c([N+](=O)[O-])c2)o1)C(=O)Nc1ncc(Cc2ccccc2Cl)s1. The van der Waals surface area contributed by atoms with Crippen molar-refractivity contribution in [3.63, 3.8) is 0 Å². The minimum absolute atomic E-state index is 0.00562. The molecule has 8 nitrogen and oxygen atoms in total. The fourth-order valence-electron chi connectivity index (χ4n) is 3.12. The van der Waals surface area contributed by atoms with E-state index in [0.717, 1.165) is 10.4 Å². The highest BCUT2D eigenvalue weighted by Gasteiger charge is 2.17. The molecule has 0 bridgehead atoms. The van der Waals surface area contributed by atoms with Crippen LogP contribution in [0.2, 0.25) is 10.0 Å². The van der Waals surface area contributed by atoms with Crippen molar-refractivity contribution in [2.45, 2.75) is 6.42 Å². The van der Waals surface area contributed by atoms with Crippen LogP contribution in [0.25, 0.3) is 17.4 Å². The van der Waals surface area contributed by atoms with Gasteiger partial charge in [0.15, 0.2) is 5.13 Å². The molecule has 0 aliphatic carbocycles. The van der Waals surface area contributed by atoms with Crippen LogP contribution < -0.4 is 5.32 Å². The number of nitrogens with zero attached hydrogens (tertiary/aromatic N) is 3. The van der Waals surface area contributed by atoms with Crippen molar-refractivity contribution in [1.29, 1.82) is 5.26 Å². The Balaban J connectivity index is 1.48. The smallest absolute Gasteiger partial charge is 0.288 e. The molecular formula is C24H14Cl2N4O4S. The van der Waals surface area contributed by atoms with Crippen molar-refractivity contribution in [2.24, 2.45) is 0 Å². The van der Waals surface area contributed by atoms with Crippen LogP contribution in [0.4, 0.5) is 10.8 Å². The summed E-state index contributed by atoms with van der Waals surface area (Å²) in [5.74, 6) is -0.105. The second-order valence-corrected chi connectivity index (χ2v) is 9.08. The Kier molecular flexibility index (Phi) is 7.27. The summed E-state index contributed by atoms with van der Waals surface area (Å²) >= 11 is 13.3. The van der Waals surface area contributed by atoms with Gasteiger partial charge >= 0.3 is 0 Å². The minimum atomic E-state index is -0.647. The summed E-state index contributed by atoms with van der Waals surface area (Å²) in [5, 5.41) is 24.2. The molecule has 0 radical (unpaired) electrons. The Labute approximate surface area is 213 Å². The number of aromatic nitrogens is 1. The number of benzene rings is 2. The predicted molar refractivity (Wildman–Crippen MR) is 134 cm³/mol. The monoisotopic (exact) mass is 524 g/mol. The van der Waals surface area contributed by atoms with Crippen molar-refractivity contribution in [3.8, 4) is 17.4 Å². The first kappa shape index (κ1) is 24.2. The van der Waals surface area contributed by atoms with Crippen molar-refractivity contribution in [1.82, 2.24) is 4.98 Å². The van der Waals surface area contributed by atoms with Crippen LogP contribution in [0.5, 0.6) is 0 Å². The first-order valence-corrected chi connectivity index (χ1v) is 11.6. The molecule has 0 fully saturated rings. The van der Waals surface area contributed by atoms with Crippen LogP contribution in [0.15, 0.2) is 70.8 Å². The fraction of sp³-hybridized carbons (Fsp3) is 0.0417. The second-order valence-electron chi connectivity index (χ2n) is 7.15. The zero-order valence-corrected chi connectivity index (χ0v) is 20.0. The fourth-order valence-corrected chi connectivity index (χ4v) is 4.34. The summed E-state index contributed by atoms with van der Waals surface area (Å²) in [6, 6.07) is 16.7. The highest BCUT2D eigenvalue weighted by molar-refractivity contribution is 7.15. The Hall–Kier alpha value is -3.97. The topological polar surface area (TPSA) is 122 Å². The van der Waals surface area contributed by atoms with E-state index >= 15 is 0 Å². The first-order valence-electron chi connectivity index (χ1n) is 9.99. The highest BCUT2D eigenvalue weighted by Crippen LogP contribution is 2.32. The zero-order chi connectivity index (χ0) is 24.9. The van der Waals surface area contributed by atoms with Gasteiger partial charge in [-0.15, -0.1) is 11.3 Å². The predicted octanol–water partition coefficient (Wildman–Crippen LogP) is 6.75. The quantitative estimate of drug-likeness (QED) is 0.123. The number of amides is 1. The van der Waals surface area contributed by atoms with Gasteiger partial charge in [-0.3, -0.25) is 20.2 Å². The van der Waals surface area contributed by atoms with E-state index in [0.29, 0.717) is 27.9 Å². The molecule has 0 saturated carbocycles. The number of hydrogen-bond donors (Lipinski definition) is 1. The maximum atomic E-state index is 12.6. The highest BCUT2D eigenvalue weighted by atomic mass is 35.5. The number of carbonyl (C=O) groups excluding carboxylic acids is 1. The van der Waals surface area contributed by atoms with E-state index in [2.05, 4.69) is 10.3 Å². The maximum Gasteiger partial charge on any atom is 0.288 e. The number of nitriles is 1. The molecule has 4 aromatic rings. The van der Waals surface area contributed by atoms with Crippen LogP contribution in [0.1, 0.15) is 16.2 Å². The number of nitrogens with one attached hydrogen (secondary N) is 1. The Bertz CT molecular complexity index is 1500. The number of hydrogen-bond acceptors (Lipinski definition) is 7. The molecule has 0 saturated heterocycles. The normalized spacial score (nSPS) is 11.2. The molecule has 0 atom stereocenters. The average molecular weight is 525 g/mol. The molecule has 0 aliphatic rings. The van der Waals surface area contributed by atoms with Crippen LogP contribution in [0.3, 0.4) is 0 Å². The maximum absolute atomic E-state index is 12.6. The second kappa shape index (κ2) is 10.5. The molecule has 0 aliphatic heterocycles. The Morgan fingerprint density at radius 3 is 2.74 bits per heavy atom. The third-order valence-corrected chi connectivity index (χ3v) is 6.40. The summed E-state index contributed by atoms with van der Waals surface area (Å²) in [6.07, 6.45) is 3.48. The zero-order valence-electron chi connectivity index (χ0n) is 17.7. The molecule has 0 unspecified atom stereocenters. The van der Waals surface area contributed by atoms with Gasteiger partial charge in [-0.25, -0.2) is 4.98 Å². The average Bonchev–Trinajstić information content (AvgIpc) is 3.48. The number of furan rings is 1. The summed E-state index contributed by atoms with van der Waals surface area (Å²) in [4.78, 5) is 28.2. The summed E-state index contributed by atoms with van der Waals surface area (Å²) in [6.45, 7) is 0. The molecule has 1 N–H and O–H groups in total. The number of thiazole rings is 1. The van der Waals surface area contributed by atoms with Gasteiger partial charge < -0.3 is 4.42 Å². The molecule has 1 amide bonds. The molecule has 4 rings (SSSR count). The summed E-state index contributed by atoms with van der Waals surface area (Å²) in [5.41, 5.74) is 0.911. The van der Waals surface area contributed by atoms with Gasteiger partial charge in [-0.05, 0) is 35.9 Å². The van der Waals surface area contributed by atoms with Crippen molar-refractivity contribution in [2.75, 3.05) is 5.32 Å². The van der Waals surface area contributed by atoms with E-state index in [1.807, 2.05) is 24.3 Å². The van der Waals surface area contributed by atoms with E-state index in [-0.39, 0.29) is 22.0 Å². The lowest BCUT2D eigenvalue weighted by Gasteiger charge is -2.01. The van der Waals surface area contributed by atoms with Crippen LogP contribution in [0, 0.1) is 21.4 Å². The van der Waals surface area contributed by atoms with E-state index in [4.69, 9.17) is 27.6 Å². The number of rotatable bonds is 7. The lowest BCUT2D eigenvalue weighted by Crippen LogP contribution is -2.13. The van der Waals surface area contributed by atoms with Crippen LogP contribution >= 0.6 is 34.5 Å². The van der Waals surface area contributed by atoms with Crippen LogP contribution in [-0.2, 0) is 11.2 Å². The molecule has 35 heavy (non-hydrogen) atoms. The van der Waals surface area contributed by atoms with Gasteiger partial charge in [0, 0.05) is 40.2 Å². The van der Waals surface area contributed by atoms with E-state index in [1.54, 1.807) is 30.5 Å². The Morgan fingerprint density at radius 2 is 2.00 bits per heavy atom. The molecule has 11 heteroatoms. The van der Waals surface area contributed by atoms with Gasteiger partial charge in [0.1, 0.15) is 28.2 Å². The molecule has 2 heterocycles. The van der Waals surface area contributed by atoms with Gasteiger partial charge in [-0.2, -0.15) is 5.26 Å². The molecule has 0 spiro atoms. The standard InChI is InChI=1S/C24H14Cl2N4O4S/c25-19-4-2-1-3-14(19)10-18-13-28-24(35-18)29-23(31)16(12-27)9-17-6-8-22(34-17)15-5-7-20(26)21(11-15)30(32)33/h1-9,11,13H,10H2,(H,28,29,31)/b16-9+. The lowest BCUT2D eigenvalue weighted by atomic mass is 10.1. The number of anilines is 1. The molecule has 174 valence electrons. The van der Waals surface area contributed by atoms with Gasteiger partial charge in [0.25, 0.3) is 11.6 Å². The number of nitro groups is 1. The number of halogens is 2. The third kappa shape index (κ3) is 5.75. The first-order chi connectivity index (χ1) is 16.8. The molecule has 2 aromatic carbocycles. The van der Waals surface area contributed by atoms with Crippen molar-refractivity contribution in [3.05, 3.63) is 103 Å². The summed E-state index contributed by atoms with van der Waals surface area (Å²) in [7, 11) is 0. The van der Waals surface area contributed by atoms with Gasteiger partial charge in [0.2, 0.25) is 0 Å². The summed E-state index contributed by atoms with van der Waals surface area (Å²) < 4.78 is 5.66. The van der Waals surface area contributed by atoms with Crippen molar-refractivity contribution >= 4 is 57.3 Å². The molecular weight excluding hydrogens is 511 g/mol.